The van der Waals surface area contributed by atoms with Gasteiger partial charge in [-0.3, -0.25) is 9.59 Å². The second-order valence-corrected chi connectivity index (χ2v) is 9.57. The molecule has 0 atom stereocenters. The molecule has 1 heterocycles. The van der Waals surface area contributed by atoms with Crippen LogP contribution in [0.4, 0.5) is 5.69 Å². The van der Waals surface area contributed by atoms with Crippen molar-refractivity contribution in [3.05, 3.63) is 65.7 Å². The highest BCUT2D eigenvalue weighted by Crippen LogP contribution is 2.23. The molecule has 0 bridgehead atoms. The lowest BCUT2D eigenvalue weighted by Gasteiger charge is -2.30. The fourth-order valence-corrected chi connectivity index (χ4v) is 5.20. The van der Waals surface area contributed by atoms with Gasteiger partial charge < -0.3 is 11.1 Å². The molecule has 0 aromatic heterocycles. The van der Waals surface area contributed by atoms with Gasteiger partial charge in [0.1, 0.15) is 0 Å². The molecule has 1 aliphatic heterocycles. The lowest BCUT2D eigenvalue weighted by atomic mass is 9.97. The van der Waals surface area contributed by atoms with Gasteiger partial charge >= 0.3 is 0 Å². The summed E-state index contributed by atoms with van der Waals surface area (Å²) in [7, 11) is -3.34. The SMILES string of the molecule is NC(=O)c1ccccc1NC(=O)C1CCN(S(=O)(=O)CCCc2ccccc2)CC1. The molecule has 1 fully saturated rings. The van der Waals surface area contributed by atoms with Crippen molar-refractivity contribution >= 4 is 27.5 Å². The summed E-state index contributed by atoms with van der Waals surface area (Å²) in [5, 5.41) is 2.76. The number of amides is 2. The number of hydrogen-bond donors (Lipinski definition) is 2. The van der Waals surface area contributed by atoms with E-state index in [1.807, 2.05) is 30.3 Å². The van der Waals surface area contributed by atoms with E-state index in [0.29, 0.717) is 38.0 Å². The second kappa shape index (κ2) is 9.86. The highest BCUT2D eigenvalue weighted by atomic mass is 32.2. The van der Waals surface area contributed by atoms with Crippen LogP contribution in [0.25, 0.3) is 0 Å². The van der Waals surface area contributed by atoms with Crippen molar-refractivity contribution in [2.75, 3.05) is 24.2 Å². The predicted molar refractivity (Wildman–Crippen MR) is 116 cm³/mol. The quantitative estimate of drug-likeness (QED) is 0.671. The maximum absolute atomic E-state index is 12.6. The Balaban J connectivity index is 1.50. The third-order valence-corrected chi connectivity index (χ3v) is 7.34. The van der Waals surface area contributed by atoms with E-state index in [9.17, 15) is 18.0 Å². The number of benzene rings is 2. The molecule has 30 heavy (non-hydrogen) atoms. The third-order valence-electron chi connectivity index (χ3n) is 5.38. The van der Waals surface area contributed by atoms with Crippen molar-refractivity contribution in [2.24, 2.45) is 11.7 Å². The molecule has 2 amide bonds. The standard InChI is InChI=1S/C22H27N3O4S/c23-21(26)19-10-4-5-11-20(19)24-22(27)18-12-14-25(15-13-18)30(28,29)16-6-9-17-7-2-1-3-8-17/h1-5,7-8,10-11,18H,6,9,12-16H2,(H2,23,26)(H,24,27). The fraction of sp³-hybridized carbons (Fsp3) is 0.364. The fourth-order valence-electron chi connectivity index (χ4n) is 3.67. The van der Waals surface area contributed by atoms with Gasteiger partial charge in [0.2, 0.25) is 15.9 Å². The van der Waals surface area contributed by atoms with Gasteiger partial charge in [-0.05, 0) is 43.4 Å². The number of rotatable bonds is 8. The minimum Gasteiger partial charge on any atom is -0.366 e. The van der Waals surface area contributed by atoms with E-state index in [-0.39, 0.29) is 23.1 Å². The third kappa shape index (κ3) is 5.67. The Hall–Kier alpha value is -2.71. The highest BCUT2D eigenvalue weighted by molar-refractivity contribution is 7.89. The van der Waals surface area contributed by atoms with Gasteiger partial charge in [0.15, 0.2) is 0 Å². The lowest BCUT2D eigenvalue weighted by molar-refractivity contribution is -0.120. The number of carbonyl (C=O) groups is 2. The van der Waals surface area contributed by atoms with E-state index in [4.69, 9.17) is 5.73 Å². The van der Waals surface area contributed by atoms with Crippen LogP contribution < -0.4 is 11.1 Å². The van der Waals surface area contributed by atoms with Crippen molar-refractivity contribution in [3.8, 4) is 0 Å². The van der Waals surface area contributed by atoms with Crippen LogP contribution in [0.3, 0.4) is 0 Å². The van der Waals surface area contributed by atoms with Crippen LogP contribution in [0.15, 0.2) is 54.6 Å². The molecule has 1 saturated heterocycles. The zero-order valence-electron chi connectivity index (χ0n) is 16.8. The van der Waals surface area contributed by atoms with Gasteiger partial charge in [0, 0.05) is 19.0 Å². The van der Waals surface area contributed by atoms with Crippen LogP contribution in [-0.4, -0.2) is 43.4 Å². The smallest absolute Gasteiger partial charge is 0.250 e. The Labute approximate surface area is 177 Å². The summed E-state index contributed by atoms with van der Waals surface area (Å²) in [5.74, 6) is -1.03. The average Bonchev–Trinajstić information content (AvgIpc) is 2.74. The zero-order chi connectivity index (χ0) is 21.6. The summed E-state index contributed by atoms with van der Waals surface area (Å²) in [4.78, 5) is 24.1. The molecule has 0 radical (unpaired) electrons. The van der Waals surface area contributed by atoms with Crippen LogP contribution in [0.5, 0.6) is 0 Å². The zero-order valence-corrected chi connectivity index (χ0v) is 17.6. The monoisotopic (exact) mass is 429 g/mol. The molecular formula is C22H27N3O4S. The number of nitrogens with two attached hydrogens (primary N) is 1. The minimum atomic E-state index is -3.34. The van der Waals surface area contributed by atoms with E-state index in [2.05, 4.69) is 5.32 Å². The van der Waals surface area contributed by atoms with Gasteiger partial charge in [-0.15, -0.1) is 0 Å². The Morgan fingerprint density at radius 1 is 1.00 bits per heavy atom. The number of para-hydroxylation sites is 1. The first kappa shape index (κ1) is 22.0. The van der Waals surface area contributed by atoms with Gasteiger partial charge in [0.25, 0.3) is 5.91 Å². The molecule has 8 heteroatoms. The first-order valence-corrected chi connectivity index (χ1v) is 11.7. The summed E-state index contributed by atoms with van der Waals surface area (Å²) in [6.45, 7) is 0.645. The summed E-state index contributed by atoms with van der Waals surface area (Å²) in [5.41, 5.74) is 7.11. The number of hydrogen-bond acceptors (Lipinski definition) is 4. The maximum atomic E-state index is 12.6. The molecule has 7 nitrogen and oxygen atoms in total. The number of aryl methyl sites for hydroxylation is 1. The Kier molecular flexibility index (Phi) is 7.23. The number of primary amides is 1. The molecule has 3 N–H and O–H groups in total. The molecule has 0 spiro atoms. The van der Waals surface area contributed by atoms with Crippen molar-refractivity contribution < 1.29 is 18.0 Å². The molecule has 2 aromatic rings. The molecule has 3 rings (SSSR count). The van der Waals surface area contributed by atoms with Crippen molar-refractivity contribution in [1.29, 1.82) is 0 Å². The van der Waals surface area contributed by atoms with Gasteiger partial charge in [-0.1, -0.05) is 42.5 Å². The van der Waals surface area contributed by atoms with E-state index in [1.54, 1.807) is 24.3 Å². The highest BCUT2D eigenvalue weighted by Gasteiger charge is 2.31. The molecule has 160 valence electrons. The van der Waals surface area contributed by atoms with Gasteiger partial charge in [-0.2, -0.15) is 0 Å². The number of carbonyl (C=O) groups excluding carboxylic acids is 2. The average molecular weight is 430 g/mol. The minimum absolute atomic E-state index is 0.102. The maximum Gasteiger partial charge on any atom is 0.250 e. The van der Waals surface area contributed by atoms with Crippen molar-refractivity contribution in [3.63, 3.8) is 0 Å². The number of nitrogens with one attached hydrogen (secondary N) is 1. The molecule has 0 saturated carbocycles. The molecule has 1 aliphatic rings. The van der Waals surface area contributed by atoms with E-state index < -0.39 is 15.9 Å². The summed E-state index contributed by atoms with van der Waals surface area (Å²) >= 11 is 0. The summed E-state index contributed by atoms with van der Waals surface area (Å²) < 4.78 is 26.8. The second-order valence-electron chi connectivity index (χ2n) is 7.48. The van der Waals surface area contributed by atoms with E-state index in [1.165, 1.54) is 4.31 Å². The van der Waals surface area contributed by atoms with Crippen molar-refractivity contribution in [2.45, 2.75) is 25.7 Å². The Morgan fingerprint density at radius 3 is 2.30 bits per heavy atom. The van der Waals surface area contributed by atoms with E-state index in [0.717, 1.165) is 12.0 Å². The lowest BCUT2D eigenvalue weighted by Crippen LogP contribution is -2.42. The molecular weight excluding hydrogens is 402 g/mol. The van der Waals surface area contributed by atoms with Crippen LogP contribution in [0.2, 0.25) is 0 Å². The van der Waals surface area contributed by atoms with Gasteiger partial charge in [0.05, 0.1) is 17.0 Å². The Bertz CT molecular complexity index is 984. The number of piperidine rings is 1. The van der Waals surface area contributed by atoms with Crippen LogP contribution in [-0.2, 0) is 21.2 Å². The van der Waals surface area contributed by atoms with Gasteiger partial charge in [-0.25, -0.2) is 12.7 Å². The molecule has 0 aliphatic carbocycles. The number of nitrogens with zero attached hydrogens (tertiary/aromatic N) is 1. The largest absolute Gasteiger partial charge is 0.366 e. The van der Waals surface area contributed by atoms with E-state index >= 15 is 0 Å². The van der Waals surface area contributed by atoms with Crippen LogP contribution in [0.1, 0.15) is 35.2 Å². The van der Waals surface area contributed by atoms with Crippen molar-refractivity contribution in [1.82, 2.24) is 4.31 Å². The normalized spacial score (nSPS) is 15.6. The molecule has 2 aromatic carbocycles. The van der Waals surface area contributed by atoms with Crippen LogP contribution >= 0.6 is 0 Å². The molecule has 0 unspecified atom stereocenters. The topological polar surface area (TPSA) is 110 Å². The van der Waals surface area contributed by atoms with Crippen LogP contribution in [0, 0.1) is 5.92 Å². The first-order valence-electron chi connectivity index (χ1n) is 10.1. The Morgan fingerprint density at radius 2 is 1.63 bits per heavy atom. The number of anilines is 1. The predicted octanol–water partition coefficient (Wildman–Crippen LogP) is 2.40. The first-order chi connectivity index (χ1) is 14.4. The number of sulfonamides is 1. The summed E-state index contributed by atoms with van der Waals surface area (Å²) in [6.07, 6.45) is 2.18. The summed E-state index contributed by atoms with van der Waals surface area (Å²) in [6, 6.07) is 16.4.